The van der Waals surface area contributed by atoms with Crippen LogP contribution in [0.15, 0.2) is 0 Å². The molecule has 0 aromatic rings. The molecule has 0 bridgehead atoms. The molecule has 2 fully saturated rings. The Balaban J connectivity index is 1.81. The van der Waals surface area contributed by atoms with E-state index in [4.69, 9.17) is 9.47 Å². The molecule has 1 aliphatic carbocycles. The number of methoxy groups -OCH3 is 1. The molecule has 1 heterocycles. The summed E-state index contributed by atoms with van der Waals surface area (Å²) in [6.45, 7) is 8.54. The zero-order valence-electron chi connectivity index (χ0n) is 17.5. The van der Waals surface area contributed by atoms with Crippen molar-refractivity contribution in [2.45, 2.75) is 77.0 Å². The number of carbonyl (C=O) groups is 2. The van der Waals surface area contributed by atoms with E-state index in [0.717, 1.165) is 19.3 Å². The maximum Gasteiger partial charge on any atom is 0.410 e. The summed E-state index contributed by atoms with van der Waals surface area (Å²) in [6, 6.07) is 0.790. The molecular formula is C20H37N3O4. The third-order valence-electron chi connectivity index (χ3n) is 5.23. The number of piperidine rings is 1. The molecule has 27 heavy (non-hydrogen) atoms. The van der Waals surface area contributed by atoms with Gasteiger partial charge in [-0.25, -0.2) is 4.79 Å². The number of amides is 2. The number of nitrogens with one attached hydrogen (secondary N) is 1. The molecule has 0 aromatic heterocycles. The van der Waals surface area contributed by atoms with E-state index in [0.29, 0.717) is 19.2 Å². The van der Waals surface area contributed by atoms with E-state index in [2.05, 4.69) is 10.2 Å². The highest BCUT2D eigenvalue weighted by Crippen LogP contribution is 2.26. The summed E-state index contributed by atoms with van der Waals surface area (Å²) in [5.41, 5.74) is -0.591. The fourth-order valence-electron chi connectivity index (χ4n) is 3.91. The molecule has 1 saturated heterocycles. The minimum Gasteiger partial charge on any atom is -0.444 e. The molecule has 0 aromatic carbocycles. The van der Waals surface area contributed by atoms with Gasteiger partial charge in [-0.15, -0.1) is 0 Å². The number of carbonyl (C=O) groups excluding carboxylic acids is 2. The lowest BCUT2D eigenvalue weighted by Gasteiger charge is -2.32. The Hall–Kier alpha value is -1.34. The second-order valence-corrected chi connectivity index (χ2v) is 8.72. The van der Waals surface area contributed by atoms with Gasteiger partial charge in [0.15, 0.2) is 0 Å². The molecule has 0 unspecified atom stereocenters. The van der Waals surface area contributed by atoms with Crippen LogP contribution in [0.5, 0.6) is 0 Å². The Morgan fingerprint density at radius 1 is 1.15 bits per heavy atom. The Kier molecular flexibility index (Phi) is 8.35. The van der Waals surface area contributed by atoms with Crippen LogP contribution in [-0.4, -0.2) is 79.4 Å². The molecule has 0 spiro atoms. The molecule has 2 aliphatic rings. The van der Waals surface area contributed by atoms with Crippen LogP contribution < -0.4 is 5.32 Å². The molecule has 1 aliphatic heterocycles. The van der Waals surface area contributed by atoms with Gasteiger partial charge >= 0.3 is 6.09 Å². The maximum atomic E-state index is 12.5. The van der Waals surface area contributed by atoms with Crippen molar-refractivity contribution in [2.75, 3.05) is 39.9 Å². The van der Waals surface area contributed by atoms with Gasteiger partial charge in [0.2, 0.25) is 5.91 Å². The van der Waals surface area contributed by atoms with Crippen LogP contribution in [0.3, 0.4) is 0 Å². The highest BCUT2D eigenvalue weighted by molar-refractivity contribution is 5.82. The SMILES string of the molecule is COCCN(CC(=O)N[C@H]1CC[C@@H](N2CCCCC2)C1)C(=O)OC(C)(C)C. The monoisotopic (exact) mass is 383 g/mol. The van der Waals surface area contributed by atoms with Crippen molar-refractivity contribution in [1.82, 2.24) is 15.1 Å². The van der Waals surface area contributed by atoms with E-state index >= 15 is 0 Å². The second-order valence-electron chi connectivity index (χ2n) is 8.72. The van der Waals surface area contributed by atoms with E-state index < -0.39 is 11.7 Å². The lowest BCUT2D eigenvalue weighted by Crippen LogP contribution is -2.46. The molecule has 1 saturated carbocycles. The highest BCUT2D eigenvalue weighted by Gasteiger charge is 2.31. The topological polar surface area (TPSA) is 71.1 Å². The molecule has 2 rings (SSSR count). The van der Waals surface area contributed by atoms with Crippen molar-refractivity contribution in [3.8, 4) is 0 Å². The van der Waals surface area contributed by atoms with E-state index in [1.54, 1.807) is 7.11 Å². The molecule has 1 N–H and O–H groups in total. The average molecular weight is 384 g/mol. The highest BCUT2D eigenvalue weighted by atomic mass is 16.6. The van der Waals surface area contributed by atoms with Gasteiger partial charge in [-0.05, 0) is 66.0 Å². The normalized spacial score (nSPS) is 23.9. The fraction of sp³-hybridized carbons (Fsp3) is 0.900. The van der Waals surface area contributed by atoms with Crippen molar-refractivity contribution >= 4 is 12.0 Å². The summed E-state index contributed by atoms with van der Waals surface area (Å²) in [7, 11) is 1.58. The third kappa shape index (κ3) is 7.66. The Bertz CT molecular complexity index is 486. The summed E-state index contributed by atoms with van der Waals surface area (Å²) >= 11 is 0. The van der Waals surface area contributed by atoms with E-state index in [-0.39, 0.29) is 18.5 Å². The first-order valence-electron chi connectivity index (χ1n) is 10.3. The number of hydrogen-bond donors (Lipinski definition) is 1. The number of rotatable bonds is 7. The minimum atomic E-state index is -0.591. The zero-order valence-corrected chi connectivity index (χ0v) is 17.5. The van der Waals surface area contributed by atoms with E-state index in [1.807, 2.05) is 20.8 Å². The van der Waals surface area contributed by atoms with Crippen LogP contribution >= 0.6 is 0 Å². The van der Waals surface area contributed by atoms with Gasteiger partial charge in [-0.3, -0.25) is 9.69 Å². The van der Waals surface area contributed by atoms with E-state index in [1.165, 1.54) is 37.3 Å². The standard InChI is InChI=1S/C20H37N3O4/c1-20(2,3)27-19(25)23(12-13-26-4)15-18(24)21-16-8-9-17(14-16)22-10-6-5-7-11-22/h16-17H,5-15H2,1-4H3,(H,21,24)/t16-,17+/m0/s1. The van der Waals surface area contributed by atoms with Gasteiger partial charge in [0.05, 0.1) is 6.61 Å². The molecule has 0 radical (unpaired) electrons. The molecule has 7 heteroatoms. The Labute approximate surface area is 163 Å². The van der Waals surface area contributed by atoms with Gasteiger partial charge in [0, 0.05) is 25.7 Å². The number of ether oxygens (including phenoxy) is 2. The third-order valence-corrected chi connectivity index (χ3v) is 5.23. The van der Waals surface area contributed by atoms with Crippen LogP contribution in [0.2, 0.25) is 0 Å². The number of likely N-dealkylation sites (tertiary alicyclic amines) is 1. The summed E-state index contributed by atoms with van der Waals surface area (Å²) in [5.74, 6) is -0.124. The molecule has 2 atom stereocenters. The zero-order chi connectivity index (χ0) is 19.9. The van der Waals surface area contributed by atoms with Crippen LogP contribution in [0.25, 0.3) is 0 Å². The first kappa shape index (κ1) is 22.0. The first-order valence-corrected chi connectivity index (χ1v) is 10.3. The fourth-order valence-corrected chi connectivity index (χ4v) is 3.91. The van der Waals surface area contributed by atoms with Gasteiger partial charge < -0.3 is 19.7 Å². The summed E-state index contributed by atoms with van der Waals surface area (Å²) in [6.07, 6.45) is 6.60. The minimum absolute atomic E-state index is 0.00313. The van der Waals surface area contributed by atoms with Crippen molar-refractivity contribution < 1.29 is 19.1 Å². The summed E-state index contributed by atoms with van der Waals surface area (Å²) in [5, 5.41) is 3.12. The molecular weight excluding hydrogens is 346 g/mol. The molecule has 156 valence electrons. The number of nitrogens with zero attached hydrogens (tertiary/aromatic N) is 2. The van der Waals surface area contributed by atoms with Crippen molar-refractivity contribution in [2.24, 2.45) is 0 Å². The van der Waals surface area contributed by atoms with E-state index in [9.17, 15) is 9.59 Å². The van der Waals surface area contributed by atoms with Crippen molar-refractivity contribution in [3.05, 3.63) is 0 Å². The molecule has 7 nitrogen and oxygen atoms in total. The lowest BCUT2D eigenvalue weighted by atomic mass is 10.1. The van der Waals surface area contributed by atoms with Crippen LogP contribution in [0, 0.1) is 0 Å². The van der Waals surface area contributed by atoms with Gasteiger partial charge in [-0.1, -0.05) is 6.42 Å². The van der Waals surface area contributed by atoms with Crippen LogP contribution in [0.4, 0.5) is 4.79 Å². The quantitative estimate of drug-likeness (QED) is 0.731. The van der Waals surface area contributed by atoms with Gasteiger partial charge in [-0.2, -0.15) is 0 Å². The second kappa shape index (κ2) is 10.3. The van der Waals surface area contributed by atoms with Crippen LogP contribution in [-0.2, 0) is 14.3 Å². The van der Waals surface area contributed by atoms with Crippen LogP contribution in [0.1, 0.15) is 59.3 Å². The Morgan fingerprint density at radius 2 is 1.85 bits per heavy atom. The lowest BCUT2D eigenvalue weighted by molar-refractivity contribution is -0.123. The van der Waals surface area contributed by atoms with Gasteiger partial charge in [0.1, 0.15) is 12.1 Å². The van der Waals surface area contributed by atoms with Gasteiger partial charge in [0.25, 0.3) is 0 Å². The number of hydrogen-bond acceptors (Lipinski definition) is 5. The predicted octanol–water partition coefficient (Wildman–Crippen LogP) is 2.39. The Morgan fingerprint density at radius 3 is 2.48 bits per heavy atom. The average Bonchev–Trinajstić information content (AvgIpc) is 3.06. The summed E-state index contributed by atoms with van der Waals surface area (Å²) in [4.78, 5) is 28.9. The van der Waals surface area contributed by atoms with Crippen molar-refractivity contribution in [1.29, 1.82) is 0 Å². The largest absolute Gasteiger partial charge is 0.444 e. The summed E-state index contributed by atoms with van der Waals surface area (Å²) < 4.78 is 10.5. The maximum absolute atomic E-state index is 12.5. The smallest absolute Gasteiger partial charge is 0.410 e. The predicted molar refractivity (Wildman–Crippen MR) is 105 cm³/mol. The van der Waals surface area contributed by atoms with Crippen molar-refractivity contribution in [3.63, 3.8) is 0 Å². The first-order chi connectivity index (χ1) is 12.8. The molecule has 2 amide bonds.